The third-order valence-corrected chi connectivity index (χ3v) is 17.9. The fraction of sp³-hybridized carbons (Fsp3) is 0. The van der Waals surface area contributed by atoms with Gasteiger partial charge < -0.3 is 18.8 Å². The Balaban J connectivity index is 1.00. The van der Waals surface area contributed by atoms with Crippen LogP contribution in [0.15, 0.2) is 243 Å². The number of anilines is 6. The molecule has 0 aliphatic carbocycles. The van der Waals surface area contributed by atoms with E-state index in [0.717, 1.165) is 11.4 Å². The van der Waals surface area contributed by atoms with Gasteiger partial charge in [-0.3, -0.25) is 0 Å². The van der Waals surface area contributed by atoms with Crippen LogP contribution in [-0.4, -0.2) is 22.7 Å². The Morgan fingerprint density at radius 1 is 0.289 bits per heavy atom. The van der Waals surface area contributed by atoms with Crippen molar-refractivity contribution in [2.75, 3.05) is 9.80 Å². The molecule has 0 radical (unpaired) electrons. The van der Waals surface area contributed by atoms with Crippen molar-refractivity contribution in [3.8, 4) is 22.3 Å². The van der Waals surface area contributed by atoms with Crippen LogP contribution in [0.4, 0.5) is 34.1 Å². The van der Waals surface area contributed by atoms with Gasteiger partial charge in [-0.2, -0.15) is 0 Å². The fourth-order valence-corrected chi connectivity index (χ4v) is 15.1. The van der Waals surface area contributed by atoms with Gasteiger partial charge in [0.05, 0.1) is 5.69 Å². The Morgan fingerprint density at radius 2 is 0.737 bits per heavy atom. The molecule has 0 atom stereocenters. The zero-order valence-corrected chi connectivity index (χ0v) is 41.0. The van der Waals surface area contributed by atoms with Crippen molar-refractivity contribution in [1.82, 2.24) is 8.96 Å². The Bertz CT molecular complexity index is 5180. The van der Waals surface area contributed by atoms with Crippen LogP contribution in [0.25, 0.3) is 109 Å². The molecule has 0 amide bonds. The predicted molar refractivity (Wildman–Crippen MR) is 324 cm³/mol. The average Bonchev–Trinajstić information content (AvgIpc) is 4.15. The molecular weight excluding hydrogens is 918 g/mol. The van der Waals surface area contributed by atoms with Gasteiger partial charge in [-0.25, -0.2) is 0 Å². The van der Waals surface area contributed by atoms with Crippen LogP contribution in [0, 0.1) is 0 Å². The Morgan fingerprint density at radius 3 is 1.37 bits per heavy atom. The molecule has 6 heterocycles. The fourth-order valence-electron chi connectivity index (χ4n) is 15.1. The average molecular weight is 959 g/mol. The van der Waals surface area contributed by atoms with Gasteiger partial charge in [0.15, 0.2) is 0 Å². The van der Waals surface area contributed by atoms with E-state index in [4.69, 9.17) is 0 Å². The number of para-hydroxylation sites is 2. The van der Waals surface area contributed by atoms with Crippen molar-refractivity contribution in [3.05, 3.63) is 243 Å². The molecular formula is C70H40B2N4. The minimum Gasteiger partial charge on any atom is -0.375 e. The van der Waals surface area contributed by atoms with Crippen LogP contribution < -0.4 is 31.7 Å². The van der Waals surface area contributed by atoms with Gasteiger partial charge in [0.1, 0.15) is 0 Å². The topological polar surface area (TPSA) is 16.3 Å². The zero-order valence-electron chi connectivity index (χ0n) is 41.0. The van der Waals surface area contributed by atoms with Gasteiger partial charge >= 0.3 is 13.7 Å². The molecule has 15 aromatic rings. The molecule has 4 aliphatic heterocycles. The quantitative estimate of drug-likeness (QED) is 0.161. The molecule has 0 spiro atoms. The Kier molecular flexibility index (Phi) is 7.36. The Hall–Kier alpha value is -9.77. The maximum absolute atomic E-state index is 2.78. The molecule has 0 saturated carbocycles. The lowest BCUT2D eigenvalue weighted by atomic mass is 9.44. The van der Waals surface area contributed by atoms with Gasteiger partial charge in [-0.1, -0.05) is 188 Å². The highest BCUT2D eigenvalue weighted by Crippen LogP contribution is 2.56. The van der Waals surface area contributed by atoms with Crippen molar-refractivity contribution in [3.63, 3.8) is 0 Å². The minimum atomic E-state index is -0.110. The van der Waals surface area contributed by atoms with E-state index in [0.29, 0.717) is 0 Å². The van der Waals surface area contributed by atoms with Crippen LogP contribution in [0.2, 0.25) is 0 Å². The lowest BCUT2D eigenvalue weighted by molar-refractivity contribution is 1.26. The summed E-state index contributed by atoms with van der Waals surface area (Å²) in [6.07, 6.45) is 0. The number of rotatable bonds is 2. The first-order chi connectivity index (χ1) is 37.8. The molecule has 0 saturated heterocycles. The van der Waals surface area contributed by atoms with E-state index in [1.807, 2.05) is 0 Å². The molecule has 6 heteroatoms. The van der Waals surface area contributed by atoms with Crippen molar-refractivity contribution in [2.45, 2.75) is 0 Å². The number of aromatic nitrogens is 2. The van der Waals surface area contributed by atoms with Gasteiger partial charge in [-0.05, 0) is 125 Å². The van der Waals surface area contributed by atoms with Crippen molar-refractivity contribution >= 4 is 156 Å². The summed E-state index contributed by atoms with van der Waals surface area (Å²) in [5, 5.41) is 15.2. The van der Waals surface area contributed by atoms with E-state index in [9.17, 15) is 0 Å². The molecule has 2 aromatic heterocycles. The normalized spacial score (nSPS) is 13.7. The number of benzene rings is 13. The zero-order chi connectivity index (χ0) is 49.1. The monoisotopic (exact) mass is 958 g/mol. The Labute approximate surface area is 437 Å². The molecule has 4 aliphatic rings. The summed E-state index contributed by atoms with van der Waals surface area (Å²) in [4.78, 5) is 5.16. The van der Waals surface area contributed by atoms with Crippen LogP contribution in [0.3, 0.4) is 0 Å². The molecule has 13 aromatic carbocycles. The van der Waals surface area contributed by atoms with Crippen molar-refractivity contribution in [2.24, 2.45) is 0 Å². The number of hydrogen-bond donors (Lipinski definition) is 0. The molecule has 0 unspecified atom stereocenters. The predicted octanol–water partition coefficient (Wildman–Crippen LogP) is 15.4. The number of fused-ring (bicyclic) bond motifs is 22. The second kappa shape index (κ2) is 14.1. The van der Waals surface area contributed by atoms with E-state index in [-0.39, 0.29) is 13.7 Å². The lowest BCUT2D eigenvalue weighted by Crippen LogP contribution is -2.57. The first-order valence-corrected chi connectivity index (χ1v) is 26.7. The summed E-state index contributed by atoms with van der Waals surface area (Å²) in [5.74, 6) is 0. The number of nitrogens with zero attached hydrogens (tertiary/aromatic N) is 4. The summed E-state index contributed by atoms with van der Waals surface area (Å²) in [7, 11) is 0. The highest BCUT2D eigenvalue weighted by atomic mass is 15.2. The molecule has 0 bridgehead atoms. The SMILES string of the molecule is c1cc2c3c(c1)N(c1ccc4ccccc4c1)c1ccc4ccccc4c1B3n1c3ccccc3c3c4c5c(c-2c31)c1ccccc1n5B1c2ccc3ccccc3c2N(c2ccc3ccccc3c2)c2cccc-4c21. The molecule has 4 nitrogen and oxygen atoms in total. The second-order valence-corrected chi connectivity index (χ2v) is 21.4. The number of hydrogen-bond acceptors (Lipinski definition) is 2. The van der Waals surface area contributed by atoms with Gasteiger partial charge in [0.2, 0.25) is 0 Å². The minimum absolute atomic E-state index is 0.0990. The first kappa shape index (κ1) is 39.7. The van der Waals surface area contributed by atoms with Crippen LogP contribution in [0.1, 0.15) is 0 Å². The third kappa shape index (κ3) is 4.76. The summed E-state index contributed by atoms with van der Waals surface area (Å²) < 4.78 is 5.55. The molecule has 346 valence electrons. The standard InChI is InChI=1S/C70H40B2N4/c1-3-19-45-39-47(35-31-41(45)15-1)73-58-29-13-26-54-64-61-51-23-9-11-27-56(51)75-69(61)63(62-52-24-10-12-28-57(52)76(70(62)64)72(67(54)58)65-49-21-7-5-17-43(49)34-38-60(65)73)53-25-14-30-59-66(53)71(75)55-37-33-44-18-6-8-22-50(44)68(55)74(59)48-36-32-42-16-2-4-20-46(42)40-48/h1-40H. The highest BCUT2D eigenvalue weighted by molar-refractivity contribution is 6.93. The summed E-state index contributed by atoms with van der Waals surface area (Å²) in [5.41, 5.74) is 23.0. The van der Waals surface area contributed by atoms with Gasteiger partial charge in [-0.15, -0.1) is 0 Å². The summed E-state index contributed by atoms with van der Waals surface area (Å²) in [6, 6.07) is 92.0. The second-order valence-electron chi connectivity index (χ2n) is 21.4. The largest absolute Gasteiger partial charge is 0.375 e. The van der Waals surface area contributed by atoms with Gasteiger partial charge in [0, 0.05) is 88.6 Å². The molecule has 0 N–H and O–H groups in total. The van der Waals surface area contributed by atoms with Crippen LogP contribution >= 0.6 is 0 Å². The van der Waals surface area contributed by atoms with E-state index >= 15 is 0 Å². The maximum Gasteiger partial charge on any atom is 0.333 e. The van der Waals surface area contributed by atoms with Crippen LogP contribution in [-0.2, 0) is 0 Å². The van der Waals surface area contributed by atoms with Crippen LogP contribution in [0.5, 0.6) is 0 Å². The van der Waals surface area contributed by atoms with Crippen molar-refractivity contribution in [1.29, 1.82) is 0 Å². The molecule has 76 heavy (non-hydrogen) atoms. The summed E-state index contributed by atoms with van der Waals surface area (Å²) >= 11 is 0. The van der Waals surface area contributed by atoms with Crippen molar-refractivity contribution < 1.29 is 0 Å². The summed E-state index contributed by atoms with van der Waals surface area (Å²) in [6.45, 7) is -0.209. The lowest BCUT2D eigenvalue weighted by Gasteiger charge is -2.42. The van der Waals surface area contributed by atoms with E-state index in [2.05, 4.69) is 261 Å². The van der Waals surface area contributed by atoms with Gasteiger partial charge in [0.25, 0.3) is 0 Å². The smallest absolute Gasteiger partial charge is 0.333 e. The third-order valence-electron chi connectivity index (χ3n) is 17.9. The first-order valence-electron chi connectivity index (χ1n) is 26.7. The maximum atomic E-state index is 2.78. The molecule has 0 fully saturated rings. The van der Waals surface area contributed by atoms with E-state index in [1.54, 1.807) is 0 Å². The van der Waals surface area contributed by atoms with E-state index < -0.39 is 0 Å². The highest BCUT2D eigenvalue weighted by Gasteiger charge is 2.48. The van der Waals surface area contributed by atoms with E-state index in [1.165, 1.54) is 154 Å². The molecule has 19 rings (SSSR count).